The van der Waals surface area contributed by atoms with E-state index in [-0.39, 0.29) is 6.04 Å². The molecule has 1 N–H and O–H groups in total. The standard InChI is InChI=1S/C7H13N.C5H11NO2/c1-4-6-8(3)7-5-2;1-4(5(7)8)6(2)3/h4-5H,1-2,6-7H2,3H3;4H,1-3H3,(H,7,8). The summed E-state index contributed by atoms with van der Waals surface area (Å²) in [7, 11) is 5.50. The van der Waals surface area contributed by atoms with Gasteiger partial charge in [0, 0.05) is 13.1 Å². The first kappa shape index (κ1) is 17.3. The maximum atomic E-state index is 10.1. The summed E-state index contributed by atoms with van der Waals surface area (Å²) in [5.41, 5.74) is 0. The van der Waals surface area contributed by atoms with Crippen LogP contribution in [0, 0.1) is 0 Å². The Morgan fingerprint density at radius 3 is 1.75 bits per heavy atom. The molecule has 1 atom stereocenters. The minimum atomic E-state index is -0.782. The molecule has 0 bridgehead atoms. The zero-order chi connectivity index (χ0) is 13.1. The van der Waals surface area contributed by atoms with E-state index in [0.29, 0.717) is 0 Å². The van der Waals surface area contributed by atoms with Crippen molar-refractivity contribution in [3.63, 3.8) is 0 Å². The molecule has 0 spiro atoms. The summed E-state index contributed by atoms with van der Waals surface area (Å²) in [5.74, 6) is -0.782. The van der Waals surface area contributed by atoms with Gasteiger partial charge < -0.3 is 5.11 Å². The van der Waals surface area contributed by atoms with Crippen molar-refractivity contribution in [3.05, 3.63) is 25.3 Å². The highest BCUT2D eigenvalue weighted by molar-refractivity contribution is 5.72. The fourth-order valence-electron chi connectivity index (χ4n) is 0.736. The topological polar surface area (TPSA) is 43.8 Å². The Morgan fingerprint density at radius 1 is 1.25 bits per heavy atom. The highest BCUT2D eigenvalue weighted by atomic mass is 16.4. The smallest absolute Gasteiger partial charge is 0.320 e. The molecule has 0 heterocycles. The van der Waals surface area contributed by atoms with Gasteiger partial charge in [0.05, 0.1) is 0 Å². The molecule has 0 fully saturated rings. The number of carboxylic acids is 1. The van der Waals surface area contributed by atoms with Gasteiger partial charge in [0.1, 0.15) is 6.04 Å². The average Bonchev–Trinajstić information content (AvgIpc) is 2.18. The van der Waals surface area contributed by atoms with Crippen molar-refractivity contribution in [1.29, 1.82) is 0 Å². The second kappa shape index (κ2) is 10.4. The van der Waals surface area contributed by atoms with Gasteiger partial charge >= 0.3 is 5.97 Å². The molecule has 0 aliphatic carbocycles. The van der Waals surface area contributed by atoms with Crippen LogP contribution in [0.4, 0.5) is 0 Å². The lowest BCUT2D eigenvalue weighted by atomic mass is 10.3. The van der Waals surface area contributed by atoms with Gasteiger partial charge in [-0.05, 0) is 28.1 Å². The Morgan fingerprint density at radius 2 is 1.62 bits per heavy atom. The monoisotopic (exact) mass is 228 g/mol. The average molecular weight is 228 g/mol. The molecule has 0 aromatic heterocycles. The van der Waals surface area contributed by atoms with Crippen LogP contribution >= 0.6 is 0 Å². The third-order valence-corrected chi connectivity index (χ3v) is 2.01. The van der Waals surface area contributed by atoms with Gasteiger partial charge in [-0.15, -0.1) is 13.2 Å². The van der Waals surface area contributed by atoms with Gasteiger partial charge in [0.2, 0.25) is 0 Å². The van der Waals surface area contributed by atoms with E-state index in [9.17, 15) is 4.79 Å². The molecule has 0 amide bonds. The van der Waals surface area contributed by atoms with E-state index in [1.807, 2.05) is 19.2 Å². The molecule has 94 valence electrons. The van der Waals surface area contributed by atoms with Crippen molar-refractivity contribution in [2.45, 2.75) is 13.0 Å². The molecule has 1 unspecified atom stereocenters. The second-order valence-electron chi connectivity index (χ2n) is 3.78. The molecule has 0 rings (SSSR count). The normalized spacial score (nSPS) is 11.6. The van der Waals surface area contributed by atoms with Gasteiger partial charge in [0.15, 0.2) is 0 Å². The lowest BCUT2D eigenvalue weighted by Gasteiger charge is -2.13. The Kier molecular flexibility index (Phi) is 11.2. The zero-order valence-corrected chi connectivity index (χ0v) is 10.8. The van der Waals surface area contributed by atoms with Gasteiger partial charge in [-0.25, -0.2) is 0 Å². The Bertz CT molecular complexity index is 205. The number of aliphatic carboxylic acids is 1. The summed E-state index contributed by atoms with van der Waals surface area (Å²) >= 11 is 0. The maximum Gasteiger partial charge on any atom is 0.320 e. The van der Waals surface area contributed by atoms with Crippen molar-refractivity contribution in [1.82, 2.24) is 9.80 Å². The quantitative estimate of drug-likeness (QED) is 0.696. The largest absolute Gasteiger partial charge is 0.480 e. The van der Waals surface area contributed by atoms with Gasteiger partial charge in [-0.2, -0.15) is 0 Å². The molecule has 0 aliphatic heterocycles. The fourth-order valence-corrected chi connectivity index (χ4v) is 0.736. The number of nitrogens with zero attached hydrogens (tertiary/aromatic N) is 2. The highest BCUT2D eigenvalue weighted by Gasteiger charge is 2.11. The number of carbonyl (C=O) groups is 1. The molecule has 0 aromatic rings. The summed E-state index contributed by atoms with van der Waals surface area (Å²) in [5, 5.41) is 8.31. The fraction of sp³-hybridized carbons (Fsp3) is 0.583. The number of rotatable bonds is 6. The van der Waals surface area contributed by atoms with E-state index in [1.54, 1.807) is 25.9 Å². The molecule has 0 saturated carbocycles. The molecule has 0 saturated heterocycles. The summed E-state index contributed by atoms with van der Waals surface area (Å²) < 4.78 is 0. The molecule has 0 radical (unpaired) electrons. The lowest BCUT2D eigenvalue weighted by Crippen LogP contribution is -2.32. The van der Waals surface area contributed by atoms with Crippen molar-refractivity contribution < 1.29 is 9.90 Å². The van der Waals surface area contributed by atoms with Crippen LogP contribution in [-0.4, -0.2) is 61.2 Å². The second-order valence-corrected chi connectivity index (χ2v) is 3.78. The van der Waals surface area contributed by atoms with Gasteiger partial charge in [0.25, 0.3) is 0 Å². The Labute approximate surface area is 98.9 Å². The number of hydrogen-bond donors (Lipinski definition) is 1. The van der Waals surface area contributed by atoms with E-state index >= 15 is 0 Å². The third kappa shape index (κ3) is 10.9. The molecule has 0 aliphatic rings. The van der Waals surface area contributed by atoms with Crippen LogP contribution in [0.15, 0.2) is 25.3 Å². The summed E-state index contributed by atoms with van der Waals surface area (Å²) in [6, 6.07) is -0.380. The Hall–Kier alpha value is -1.13. The van der Waals surface area contributed by atoms with E-state index in [2.05, 4.69) is 18.1 Å². The zero-order valence-electron chi connectivity index (χ0n) is 10.8. The molecule has 16 heavy (non-hydrogen) atoms. The van der Waals surface area contributed by atoms with Crippen LogP contribution in [0.1, 0.15) is 6.92 Å². The summed E-state index contributed by atoms with van der Waals surface area (Å²) in [6.07, 6.45) is 3.76. The Balaban J connectivity index is 0. The van der Waals surface area contributed by atoms with Gasteiger partial charge in [-0.1, -0.05) is 12.2 Å². The van der Waals surface area contributed by atoms with Crippen molar-refractivity contribution >= 4 is 5.97 Å². The minimum Gasteiger partial charge on any atom is -0.480 e. The van der Waals surface area contributed by atoms with Crippen LogP contribution < -0.4 is 0 Å². The lowest BCUT2D eigenvalue weighted by molar-refractivity contribution is -0.141. The SMILES string of the molecule is C=CCN(C)CC=C.CC(C(=O)O)N(C)C. The van der Waals surface area contributed by atoms with Crippen molar-refractivity contribution in [2.24, 2.45) is 0 Å². The maximum absolute atomic E-state index is 10.1. The first-order valence-electron chi connectivity index (χ1n) is 5.16. The number of carboxylic acid groups (broad SMARTS) is 1. The predicted molar refractivity (Wildman–Crippen MR) is 68.7 cm³/mol. The van der Waals surface area contributed by atoms with Crippen LogP contribution in [-0.2, 0) is 4.79 Å². The highest BCUT2D eigenvalue weighted by Crippen LogP contribution is 1.88. The van der Waals surface area contributed by atoms with Crippen molar-refractivity contribution in [3.8, 4) is 0 Å². The van der Waals surface area contributed by atoms with Gasteiger partial charge in [-0.3, -0.25) is 14.6 Å². The van der Waals surface area contributed by atoms with Crippen molar-refractivity contribution in [2.75, 3.05) is 34.2 Å². The van der Waals surface area contributed by atoms with E-state index in [0.717, 1.165) is 13.1 Å². The van der Waals surface area contributed by atoms with Crippen LogP contribution in [0.25, 0.3) is 0 Å². The van der Waals surface area contributed by atoms with E-state index in [4.69, 9.17) is 5.11 Å². The molecular formula is C12H24N2O2. The molecule has 4 heteroatoms. The summed E-state index contributed by atoms with van der Waals surface area (Å²) in [6.45, 7) is 10.7. The first-order chi connectivity index (χ1) is 7.36. The number of likely N-dealkylation sites (N-methyl/N-ethyl adjacent to an activating group) is 2. The molecule has 4 nitrogen and oxygen atoms in total. The number of hydrogen-bond acceptors (Lipinski definition) is 3. The molecular weight excluding hydrogens is 204 g/mol. The van der Waals surface area contributed by atoms with Crippen LogP contribution in [0.3, 0.4) is 0 Å². The predicted octanol–water partition coefficient (Wildman–Crippen LogP) is 1.31. The van der Waals surface area contributed by atoms with E-state index < -0.39 is 5.97 Å². The van der Waals surface area contributed by atoms with Crippen LogP contribution in [0.2, 0.25) is 0 Å². The van der Waals surface area contributed by atoms with Crippen LogP contribution in [0.5, 0.6) is 0 Å². The third-order valence-electron chi connectivity index (χ3n) is 2.01. The minimum absolute atomic E-state index is 0.380. The van der Waals surface area contributed by atoms with E-state index in [1.165, 1.54) is 0 Å². The first-order valence-corrected chi connectivity index (χ1v) is 5.16. The molecule has 0 aromatic carbocycles. The summed E-state index contributed by atoms with van der Waals surface area (Å²) in [4.78, 5) is 13.9.